The smallest absolute Gasteiger partial charge is 0.239 e. The summed E-state index contributed by atoms with van der Waals surface area (Å²) in [5, 5.41) is 0. The highest BCUT2D eigenvalue weighted by atomic mass is 16.2. The van der Waals surface area contributed by atoms with Crippen LogP contribution in [0.3, 0.4) is 0 Å². The zero-order chi connectivity index (χ0) is 12.9. The monoisotopic (exact) mass is 250 g/mol. The summed E-state index contributed by atoms with van der Waals surface area (Å²) in [7, 11) is 1.99. The minimum absolute atomic E-state index is 0.162. The Balaban J connectivity index is 1.74. The van der Waals surface area contributed by atoms with Crippen LogP contribution in [0, 0.1) is 23.7 Å². The molecule has 0 aromatic carbocycles. The predicted octanol–water partition coefficient (Wildman–Crippen LogP) is 2.01. The third-order valence-corrected chi connectivity index (χ3v) is 5.73. The molecular weight excluding hydrogens is 224 g/mol. The van der Waals surface area contributed by atoms with Crippen molar-refractivity contribution >= 4 is 5.91 Å². The number of carbonyl (C=O) groups is 1. The van der Waals surface area contributed by atoms with E-state index in [1.807, 2.05) is 18.9 Å². The van der Waals surface area contributed by atoms with Crippen LogP contribution in [0.1, 0.15) is 45.4 Å². The van der Waals surface area contributed by atoms with Crippen molar-refractivity contribution in [2.24, 2.45) is 29.4 Å². The maximum atomic E-state index is 12.3. The van der Waals surface area contributed by atoms with Crippen LogP contribution in [-0.4, -0.2) is 29.9 Å². The Labute approximate surface area is 110 Å². The van der Waals surface area contributed by atoms with Gasteiger partial charge in [-0.1, -0.05) is 6.92 Å². The van der Waals surface area contributed by atoms with Crippen LogP contribution in [0.5, 0.6) is 0 Å². The first-order valence-electron chi connectivity index (χ1n) is 7.62. The molecule has 0 aliphatic heterocycles. The molecular formula is C15H26N2O. The second-order valence-electron chi connectivity index (χ2n) is 6.89. The number of hydrogen-bond acceptors (Lipinski definition) is 2. The van der Waals surface area contributed by atoms with Gasteiger partial charge in [0.1, 0.15) is 0 Å². The van der Waals surface area contributed by atoms with Crippen molar-refractivity contribution in [2.45, 2.75) is 57.5 Å². The van der Waals surface area contributed by atoms with Crippen LogP contribution in [-0.2, 0) is 4.79 Å². The summed E-state index contributed by atoms with van der Waals surface area (Å²) >= 11 is 0. The van der Waals surface area contributed by atoms with Gasteiger partial charge in [-0.25, -0.2) is 0 Å². The standard InChI is InChI=1S/C15H26N2O/c1-3-13(16)15(18)17(2)14-11-5-9-4-10(7-11)8-12(14)6-9/h9-14H,3-8,16H2,1-2H3. The maximum absolute atomic E-state index is 12.3. The summed E-state index contributed by atoms with van der Waals surface area (Å²) in [6.07, 6.45) is 7.64. The molecule has 0 aromatic heterocycles. The van der Waals surface area contributed by atoms with Gasteiger partial charge in [-0.15, -0.1) is 0 Å². The molecule has 102 valence electrons. The summed E-state index contributed by atoms with van der Waals surface area (Å²) in [6.45, 7) is 1.99. The Morgan fingerprint density at radius 2 is 1.67 bits per heavy atom. The summed E-state index contributed by atoms with van der Waals surface area (Å²) in [6, 6.07) is 0.190. The first kappa shape index (κ1) is 12.5. The topological polar surface area (TPSA) is 46.3 Å². The van der Waals surface area contributed by atoms with Crippen molar-refractivity contribution in [3.63, 3.8) is 0 Å². The van der Waals surface area contributed by atoms with Gasteiger partial charge in [-0.2, -0.15) is 0 Å². The zero-order valence-corrected chi connectivity index (χ0v) is 11.6. The highest BCUT2D eigenvalue weighted by Crippen LogP contribution is 2.54. The first-order valence-corrected chi connectivity index (χ1v) is 7.62. The number of nitrogens with zero attached hydrogens (tertiary/aromatic N) is 1. The van der Waals surface area contributed by atoms with Gasteiger partial charge in [0, 0.05) is 13.1 Å². The van der Waals surface area contributed by atoms with Crippen LogP contribution in [0.25, 0.3) is 0 Å². The summed E-state index contributed by atoms with van der Waals surface area (Å²) in [5.41, 5.74) is 5.92. The van der Waals surface area contributed by atoms with Gasteiger partial charge in [0.25, 0.3) is 0 Å². The molecule has 4 saturated carbocycles. The van der Waals surface area contributed by atoms with E-state index in [9.17, 15) is 4.79 Å². The molecule has 0 saturated heterocycles. The van der Waals surface area contributed by atoms with Gasteiger partial charge >= 0.3 is 0 Å². The van der Waals surface area contributed by atoms with E-state index < -0.39 is 0 Å². The van der Waals surface area contributed by atoms with Gasteiger partial charge in [0.15, 0.2) is 0 Å². The molecule has 1 unspecified atom stereocenters. The molecule has 3 nitrogen and oxygen atoms in total. The molecule has 3 heteroatoms. The second kappa shape index (κ2) is 4.52. The van der Waals surface area contributed by atoms with Crippen LogP contribution in [0.4, 0.5) is 0 Å². The van der Waals surface area contributed by atoms with Crippen LogP contribution in [0.2, 0.25) is 0 Å². The minimum atomic E-state index is -0.299. The fourth-order valence-electron chi connectivity index (χ4n) is 5.11. The van der Waals surface area contributed by atoms with Gasteiger partial charge in [0.05, 0.1) is 6.04 Å². The van der Waals surface area contributed by atoms with E-state index in [0.717, 1.165) is 30.1 Å². The molecule has 0 aromatic rings. The normalized spacial score (nSPS) is 42.9. The summed E-state index contributed by atoms with van der Waals surface area (Å²) in [4.78, 5) is 14.3. The molecule has 1 amide bonds. The zero-order valence-electron chi connectivity index (χ0n) is 11.6. The van der Waals surface area contributed by atoms with Gasteiger partial charge in [0.2, 0.25) is 5.91 Å². The lowest BCUT2D eigenvalue weighted by molar-refractivity contribution is -0.142. The van der Waals surface area contributed by atoms with Crippen molar-refractivity contribution in [3.8, 4) is 0 Å². The third-order valence-electron chi connectivity index (χ3n) is 5.73. The van der Waals surface area contributed by atoms with E-state index >= 15 is 0 Å². The molecule has 4 aliphatic carbocycles. The van der Waals surface area contributed by atoms with E-state index in [2.05, 4.69) is 0 Å². The largest absolute Gasteiger partial charge is 0.341 e. The molecule has 0 spiro atoms. The molecule has 2 N–H and O–H groups in total. The molecule has 18 heavy (non-hydrogen) atoms. The summed E-state index contributed by atoms with van der Waals surface area (Å²) in [5.74, 6) is 3.62. The third kappa shape index (κ3) is 1.87. The molecule has 0 heterocycles. The molecule has 4 aliphatic rings. The number of amides is 1. The average Bonchev–Trinajstić information content (AvgIpc) is 2.35. The Morgan fingerprint density at radius 1 is 1.17 bits per heavy atom. The fourth-order valence-corrected chi connectivity index (χ4v) is 5.11. The van der Waals surface area contributed by atoms with Crippen LogP contribution < -0.4 is 5.73 Å². The quantitative estimate of drug-likeness (QED) is 0.833. The van der Waals surface area contributed by atoms with Crippen LogP contribution in [0.15, 0.2) is 0 Å². The Kier molecular flexibility index (Phi) is 3.13. The lowest BCUT2D eigenvalue weighted by atomic mass is 9.54. The number of nitrogens with two attached hydrogens (primary N) is 1. The predicted molar refractivity (Wildman–Crippen MR) is 71.9 cm³/mol. The average molecular weight is 250 g/mol. The Bertz CT molecular complexity index is 313. The van der Waals surface area contributed by atoms with E-state index in [1.165, 1.54) is 32.1 Å². The highest BCUT2D eigenvalue weighted by molar-refractivity contribution is 5.81. The molecule has 4 fully saturated rings. The fraction of sp³-hybridized carbons (Fsp3) is 0.933. The van der Waals surface area contributed by atoms with E-state index in [1.54, 1.807) is 0 Å². The SMILES string of the molecule is CCC(N)C(=O)N(C)C1C2CC3CC(C2)CC1C3. The number of hydrogen-bond donors (Lipinski definition) is 1. The van der Waals surface area contributed by atoms with Gasteiger partial charge in [-0.05, 0) is 62.2 Å². The highest BCUT2D eigenvalue weighted by Gasteiger charge is 2.50. The minimum Gasteiger partial charge on any atom is -0.341 e. The van der Waals surface area contributed by atoms with E-state index in [-0.39, 0.29) is 11.9 Å². The Hall–Kier alpha value is -0.570. The molecule has 4 bridgehead atoms. The van der Waals surface area contributed by atoms with Crippen molar-refractivity contribution in [3.05, 3.63) is 0 Å². The molecule has 0 radical (unpaired) electrons. The van der Waals surface area contributed by atoms with Crippen LogP contribution >= 0.6 is 0 Å². The van der Waals surface area contributed by atoms with E-state index in [0.29, 0.717) is 6.04 Å². The van der Waals surface area contributed by atoms with Crippen molar-refractivity contribution in [2.75, 3.05) is 7.05 Å². The Morgan fingerprint density at radius 3 is 2.11 bits per heavy atom. The lowest BCUT2D eigenvalue weighted by Crippen LogP contribution is -2.58. The molecule has 4 rings (SSSR count). The van der Waals surface area contributed by atoms with Crippen molar-refractivity contribution in [1.82, 2.24) is 4.90 Å². The van der Waals surface area contributed by atoms with Gasteiger partial charge < -0.3 is 10.6 Å². The number of rotatable bonds is 3. The van der Waals surface area contributed by atoms with Crippen molar-refractivity contribution in [1.29, 1.82) is 0 Å². The summed E-state index contributed by atoms with van der Waals surface area (Å²) < 4.78 is 0. The second-order valence-corrected chi connectivity index (χ2v) is 6.89. The number of carbonyl (C=O) groups excluding carboxylic acids is 1. The maximum Gasteiger partial charge on any atom is 0.239 e. The van der Waals surface area contributed by atoms with Crippen molar-refractivity contribution < 1.29 is 4.79 Å². The first-order chi connectivity index (χ1) is 8.60. The van der Waals surface area contributed by atoms with Gasteiger partial charge in [-0.3, -0.25) is 4.79 Å². The van der Waals surface area contributed by atoms with E-state index in [4.69, 9.17) is 5.73 Å². The molecule has 1 atom stereocenters. The lowest BCUT2D eigenvalue weighted by Gasteiger charge is -2.56. The number of likely N-dealkylation sites (N-methyl/N-ethyl adjacent to an activating group) is 1.